The average Bonchev–Trinajstić information content (AvgIpc) is 2.77. The van der Waals surface area contributed by atoms with E-state index in [1.54, 1.807) is 0 Å². The molecule has 0 unspecified atom stereocenters. The fourth-order valence-electron chi connectivity index (χ4n) is 3.90. The van der Waals surface area contributed by atoms with E-state index in [0.29, 0.717) is 24.3 Å². The van der Waals surface area contributed by atoms with Gasteiger partial charge in [-0.1, -0.05) is 19.3 Å². The van der Waals surface area contributed by atoms with Crippen LogP contribution in [0.15, 0.2) is 0 Å². The van der Waals surface area contributed by atoms with Crippen LogP contribution < -0.4 is 0 Å². The van der Waals surface area contributed by atoms with Crippen molar-refractivity contribution in [3.63, 3.8) is 0 Å². The first-order chi connectivity index (χ1) is 10.5. The van der Waals surface area contributed by atoms with E-state index in [1.165, 1.54) is 32.1 Å². The van der Waals surface area contributed by atoms with Crippen molar-refractivity contribution in [2.24, 2.45) is 5.92 Å². The molecule has 5 nitrogen and oxygen atoms in total. The predicted octanol–water partition coefficient (Wildman–Crippen LogP) is 2.78. The van der Waals surface area contributed by atoms with Gasteiger partial charge in [0.1, 0.15) is 6.54 Å². The third kappa shape index (κ3) is 3.77. The first kappa shape index (κ1) is 15.7. The average molecular weight is 317 g/mol. The van der Waals surface area contributed by atoms with Crippen molar-refractivity contribution in [1.82, 2.24) is 25.1 Å². The Labute approximate surface area is 127 Å². The van der Waals surface area contributed by atoms with Gasteiger partial charge in [0.25, 0.3) is 0 Å². The minimum atomic E-state index is -4.30. The van der Waals surface area contributed by atoms with Gasteiger partial charge in [0.2, 0.25) is 0 Å². The number of nitrogens with zero attached hydrogens (tertiary/aromatic N) is 5. The lowest BCUT2D eigenvalue weighted by Gasteiger charge is -2.37. The Kier molecular flexibility index (Phi) is 4.65. The zero-order valence-electron chi connectivity index (χ0n) is 12.6. The van der Waals surface area contributed by atoms with Crippen LogP contribution in [0.3, 0.4) is 0 Å². The van der Waals surface area contributed by atoms with Gasteiger partial charge in [-0.3, -0.25) is 4.90 Å². The van der Waals surface area contributed by atoms with Crippen LogP contribution in [0.4, 0.5) is 13.2 Å². The number of rotatable bonds is 3. The van der Waals surface area contributed by atoms with Gasteiger partial charge in [0.05, 0.1) is 6.54 Å². The van der Waals surface area contributed by atoms with E-state index in [-0.39, 0.29) is 0 Å². The van der Waals surface area contributed by atoms with E-state index < -0.39 is 12.7 Å². The highest BCUT2D eigenvalue weighted by Crippen LogP contribution is 2.35. The zero-order valence-corrected chi connectivity index (χ0v) is 12.6. The fraction of sp³-hybridized carbons (Fsp3) is 0.929. The van der Waals surface area contributed by atoms with Crippen LogP contribution in [0.25, 0.3) is 0 Å². The third-order valence-corrected chi connectivity index (χ3v) is 4.89. The number of fused-ring (bicyclic) bond motifs is 1. The summed E-state index contributed by atoms with van der Waals surface area (Å²) < 4.78 is 38.6. The van der Waals surface area contributed by atoms with Gasteiger partial charge in [-0.2, -0.15) is 13.2 Å². The molecule has 2 fully saturated rings. The molecule has 124 valence electrons. The molecular weight excluding hydrogens is 295 g/mol. The molecular formula is C14H22F3N5. The van der Waals surface area contributed by atoms with Crippen LogP contribution in [0.5, 0.6) is 0 Å². The number of halogens is 3. The molecule has 1 aliphatic heterocycles. The highest BCUT2D eigenvalue weighted by molar-refractivity contribution is 4.90. The Morgan fingerprint density at radius 2 is 1.77 bits per heavy atom. The van der Waals surface area contributed by atoms with Crippen LogP contribution >= 0.6 is 0 Å². The quantitative estimate of drug-likeness (QED) is 0.860. The SMILES string of the molecule is FC(F)(F)Cn1nnnc1CN1CCCC[C@@H]2CCCC[C@@H]21. The fourth-order valence-corrected chi connectivity index (χ4v) is 3.90. The van der Waals surface area contributed by atoms with Crippen molar-refractivity contribution in [3.8, 4) is 0 Å². The zero-order chi connectivity index (χ0) is 15.6. The van der Waals surface area contributed by atoms with Crippen molar-refractivity contribution >= 4 is 0 Å². The number of alkyl halides is 3. The predicted molar refractivity (Wildman–Crippen MR) is 73.9 cm³/mol. The highest BCUT2D eigenvalue weighted by atomic mass is 19.4. The van der Waals surface area contributed by atoms with E-state index in [0.717, 1.165) is 24.1 Å². The van der Waals surface area contributed by atoms with Crippen molar-refractivity contribution in [2.75, 3.05) is 6.54 Å². The van der Waals surface area contributed by atoms with Gasteiger partial charge < -0.3 is 0 Å². The van der Waals surface area contributed by atoms with Crippen molar-refractivity contribution in [1.29, 1.82) is 0 Å². The highest BCUT2D eigenvalue weighted by Gasteiger charge is 2.34. The summed E-state index contributed by atoms with van der Waals surface area (Å²) in [5, 5.41) is 10.8. The Balaban J connectivity index is 1.72. The molecule has 22 heavy (non-hydrogen) atoms. The van der Waals surface area contributed by atoms with Crippen molar-refractivity contribution in [3.05, 3.63) is 5.82 Å². The summed E-state index contributed by atoms with van der Waals surface area (Å²) in [6, 6.07) is 0.479. The first-order valence-electron chi connectivity index (χ1n) is 8.09. The molecule has 1 aliphatic carbocycles. The molecule has 2 atom stereocenters. The molecule has 1 aromatic rings. The van der Waals surface area contributed by atoms with Gasteiger partial charge in [-0.25, -0.2) is 4.68 Å². The molecule has 0 radical (unpaired) electrons. The molecule has 0 aromatic carbocycles. The minimum absolute atomic E-state index is 0.323. The molecule has 3 rings (SSSR count). The molecule has 2 aliphatic rings. The number of hydrogen-bond donors (Lipinski definition) is 0. The van der Waals surface area contributed by atoms with E-state index in [9.17, 15) is 13.2 Å². The van der Waals surface area contributed by atoms with Gasteiger partial charge in [0, 0.05) is 6.04 Å². The second-order valence-electron chi connectivity index (χ2n) is 6.45. The van der Waals surface area contributed by atoms with Crippen LogP contribution in [0.2, 0.25) is 0 Å². The summed E-state index contributed by atoms with van der Waals surface area (Å²) in [4.78, 5) is 2.31. The summed E-state index contributed by atoms with van der Waals surface area (Å²) in [7, 11) is 0. The van der Waals surface area contributed by atoms with Gasteiger partial charge >= 0.3 is 6.18 Å². The normalized spacial score (nSPS) is 27.4. The molecule has 1 aromatic heterocycles. The molecule has 0 amide bonds. The van der Waals surface area contributed by atoms with Crippen molar-refractivity contribution in [2.45, 2.75) is 70.3 Å². The maximum Gasteiger partial charge on any atom is 0.408 e. The van der Waals surface area contributed by atoms with Gasteiger partial charge in [-0.15, -0.1) is 5.10 Å². The largest absolute Gasteiger partial charge is 0.408 e. The van der Waals surface area contributed by atoms with Crippen LogP contribution in [0.1, 0.15) is 50.8 Å². The first-order valence-corrected chi connectivity index (χ1v) is 8.09. The lowest BCUT2D eigenvalue weighted by molar-refractivity contribution is -0.143. The summed E-state index contributed by atoms with van der Waals surface area (Å²) in [5.41, 5.74) is 0. The Morgan fingerprint density at radius 1 is 1.05 bits per heavy atom. The Hall–Kier alpha value is -1.18. The topological polar surface area (TPSA) is 46.8 Å². The molecule has 0 bridgehead atoms. The molecule has 2 heterocycles. The lowest BCUT2D eigenvalue weighted by atomic mass is 9.82. The number of tetrazole rings is 1. The third-order valence-electron chi connectivity index (χ3n) is 4.89. The summed E-state index contributed by atoms with van der Waals surface area (Å²) in [5.74, 6) is 1.01. The smallest absolute Gasteiger partial charge is 0.293 e. The van der Waals surface area contributed by atoms with Crippen LogP contribution in [-0.4, -0.2) is 43.9 Å². The Bertz CT molecular complexity index is 487. The van der Waals surface area contributed by atoms with E-state index >= 15 is 0 Å². The minimum Gasteiger partial charge on any atom is -0.293 e. The summed E-state index contributed by atoms with van der Waals surface area (Å²) >= 11 is 0. The maximum atomic E-state index is 12.6. The summed E-state index contributed by atoms with van der Waals surface area (Å²) in [6.07, 6.45) is 4.15. The lowest BCUT2D eigenvalue weighted by Crippen LogP contribution is -2.41. The maximum absolute atomic E-state index is 12.6. The molecule has 1 saturated carbocycles. The molecule has 0 spiro atoms. The van der Waals surface area contributed by atoms with Gasteiger partial charge in [0.15, 0.2) is 5.82 Å². The van der Waals surface area contributed by atoms with E-state index in [4.69, 9.17) is 0 Å². The number of likely N-dealkylation sites (tertiary alicyclic amines) is 1. The monoisotopic (exact) mass is 317 g/mol. The van der Waals surface area contributed by atoms with E-state index in [2.05, 4.69) is 20.4 Å². The number of aromatic nitrogens is 4. The van der Waals surface area contributed by atoms with Crippen molar-refractivity contribution < 1.29 is 13.2 Å². The standard InChI is InChI=1S/C14H22F3N5/c15-14(16,17)10-22-13(18-19-20-22)9-21-8-4-3-6-11-5-1-2-7-12(11)21/h11-12H,1-10H2/t11-,12-/m0/s1. The molecule has 1 saturated heterocycles. The second-order valence-corrected chi connectivity index (χ2v) is 6.45. The molecule has 8 heteroatoms. The molecule has 0 N–H and O–H groups in total. The number of hydrogen-bond acceptors (Lipinski definition) is 4. The second kappa shape index (κ2) is 6.52. The van der Waals surface area contributed by atoms with Crippen LogP contribution in [0, 0.1) is 5.92 Å². The van der Waals surface area contributed by atoms with E-state index in [1.807, 2.05) is 0 Å². The Morgan fingerprint density at radius 3 is 2.55 bits per heavy atom. The van der Waals surface area contributed by atoms with Crippen LogP contribution in [-0.2, 0) is 13.1 Å². The summed E-state index contributed by atoms with van der Waals surface area (Å²) in [6.45, 7) is 0.238. The van der Waals surface area contributed by atoms with Gasteiger partial charge in [-0.05, 0) is 48.6 Å².